The van der Waals surface area contributed by atoms with Crippen LogP contribution in [0.5, 0.6) is 0 Å². The van der Waals surface area contributed by atoms with Crippen molar-refractivity contribution in [1.82, 2.24) is 15.2 Å². The number of likely N-dealkylation sites (tertiary alicyclic amines) is 1. The lowest BCUT2D eigenvalue weighted by Crippen LogP contribution is -2.41. The van der Waals surface area contributed by atoms with Crippen molar-refractivity contribution in [2.75, 3.05) is 33.4 Å². The average Bonchev–Trinajstić information content (AvgIpc) is 3.26. The third-order valence-corrected chi connectivity index (χ3v) is 5.31. The third-order valence-electron chi connectivity index (χ3n) is 5.31. The molecule has 1 aromatic heterocycles. The summed E-state index contributed by atoms with van der Waals surface area (Å²) in [5.74, 6) is 0.986. The van der Waals surface area contributed by atoms with E-state index in [0.29, 0.717) is 5.41 Å². The minimum absolute atomic E-state index is 0.348. The second kappa shape index (κ2) is 6.40. The molecule has 2 saturated heterocycles. The standard InChI is InChI=1S/C19H24N4O/c1-20-18(23-10-7-19(13-23)8-11-24-14-19)22-12-15-6-9-21-17-5-3-2-4-16(15)17/h2-6,9H,7-8,10-14H2,1H3,(H,20,22). The van der Waals surface area contributed by atoms with E-state index in [4.69, 9.17) is 4.74 Å². The number of nitrogens with zero attached hydrogens (tertiary/aromatic N) is 3. The van der Waals surface area contributed by atoms with Crippen LogP contribution in [0.3, 0.4) is 0 Å². The zero-order chi connectivity index (χ0) is 16.4. The Hall–Kier alpha value is -2.14. The molecule has 0 radical (unpaired) electrons. The van der Waals surface area contributed by atoms with E-state index < -0.39 is 0 Å². The highest BCUT2D eigenvalue weighted by atomic mass is 16.5. The summed E-state index contributed by atoms with van der Waals surface area (Å²) in [6.07, 6.45) is 4.25. The average molecular weight is 324 g/mol. The molecule has 2 aliphatic rings. The van der Waals surface area contributed by atoms with Gasteiger partial charge in [0, 0.05) is 50.3 Å². The lowest BCUT2D eigenvalue weighted by atomic mass is 9.87. The summed E-state index contributed by atoms with van der Waals surface area (Å²) >= 11 is 0. The molecule has 5 heteroatoms. The molecule has 3 heterocycles. The lowest BCUT2D eigenvalue weighted by Gasteiger charge is -2.25. The summed E-state index contributed by atoms with van der Waals surface area (Å²) in [5, 5.41) is 4.73. The number of fused-ring (bicyclic) bond motifs is 1. The molecule has 1 N–H and O–H groups in total. The summed E-state index contributed by atoms with van der Waals surface area (Å²) in [7, 11) is 1.86. The van der Waals surface area contributed by atoms with E-state index >= 15 is 0 Å². The van der Waals surface area contributed by atoms with Gasteiger partial charge in [0.05, 0.1) is 12.1 Å². The van der Waals surface area contributed by atoms with Gasteiger partial charge >= 0.3 is 0 Å². The van der Waals surface area contributed by atoms with Crippen molar-refractivity contribution in [1.29, 1.82) is 0 Å². The Morgan fingerprint density at radius 3 is 3.08 bits per heavy atom. The van der Waals surface area contributed by atoms with Gasteiger partial charge in [-0.15, -0.1) is 0 Å². The summed E-state index contributed by atoms with van der Waals surface area (Å²) in [6, 6.07) is 10.4. The highest BCUT2D eigenvalue weighted by Gasteiger charge is 2.42. The fraction of sp³-hybridized carbons (Fsp3) is 0.474. The van der Waals surface area contributed by atoms with Gasteiger partial charge in [0.1, 0.15) is 0 Å². The van der Waals surface area contributed by atoms with Crippen molar-refractivity contribution in [3.63, 3.8) is 0 Å². The molecule has 0 saturated carbocycles. The Labute approximate surface area is 142 Å². The molecule has 0 bridgehead atoms. The van der Waals surface area contributed by atoms with Crippen LogP contribution in [0.15, 0.2) is 41.5 Å². The van der Waals surface area contributed by atoms with Crippen molar-refractivity contribution in [2.24, 2.45) is 10.4 Å². The monoisotopic (exact) mass is 324 g/mol. The van der Waals surface area contributed by atoms with E-state index in [-0.39, 0.29) is 0 Å². The zero-order valence-corrected chi connectivity index (χ0v) is 14.2. The van der Waals surface area contributed by atoms with Crippen molar-refractivity contribution in [3.8, 4) is 0 Å². The van der Waals surface area contributed by atoms with Crippen LogP contribution in [0.1, 0.15) is 18.4 Å². The number of benzene rings is 1. The molecule has 2 aliphatic heterocycles. The van der Waals surface area contributed by atoms with Crippen LogP contribution < -0.4 is 5.32 Å². The second-order valence-corrected chi connectivity index (χ2v) is 6.86. The summed E-state index contributed by atoms with van der Waals surface area (Å²) in [4.78, 5) is 11.3. The highest BCUT2D eigenvalue weighted by molar-refractivity contribution is 5.84. The normalized spacial score (nSPS) is 24.2. The van der Waals surface area contributed by atoms with Crippen LogP contribution in [0.4, 0.5) is 0 Å². The molecule has 1 atom stereocenters. The Kier molecular flexibility index (Phi) is 4.10. The number of para-hydroxylation sites is 1. The Morgan fingerprint density at radius 1 is 1.33 bits per heavy atom. The van der Waals surface area contributed by atoms with Crippen LogP contribution in [-0.2, 0) is 11.3 Å². The molecule has 2 fully saturated rings. The number of pyridine rings is 1. The number of nitrogens with one attached hydrogen (secondary N) is 1. The van der Waals surface area contributed by atoms with E-state index in [1.165, 1.54) is 23.8 Å². The lowest BCUT2D eigenvalue weighted by molar-refractivity contribution is 0.156. The zero-order valence-electron chi connectivity index (χ0n) is 14.2. The van der Waals surface area contributed by atoms with E-state index in [1.807, 2.05) is 19.3 Å². The quantitative estimate of drug-likeness (QED) is 0.681. The fourth-order valence-corrected chi connectivity index (χ4v) is 3.90. The van der Waals surface area contributed by atoms with Crippen LogP contribution in [0.25, 0.3) is 10.9 Å². The fourth-order valence-electron chi connectivity index (χ4n) is 3.90. The first kappa shape index (κ1) is 15.4. The number of hydrogen-bond donors (Lipinski definition) is 1. The minimum atomic E-state index is 0.348. The van der Waals surface area contributed by atoms with Gasteiger partial charge in [-0.25, -0.2) is 0 Å². The van der Waals surface area contributed by atoms with Gasteiger partial charge in [-0.05, 0) is 30.5 Å². The molecule has 4 rings (SSSR count). The van der Waals surface area contributed by atoms with Crippen molar-refractivity contribution >= 4 is 16.9 Å². The largest absolute Gasteiger partial charge is 0.381 e. The maximum atomic E-state index is 5.63. The van der Waals surface area contributed by atoms with Gasteiger partial charge in [0.15, 0.2) is 5.96 Å². The van der Waals surface area contributed by atoms with E-state index in [1.54, 1.807) is 0 Å². The number of ether oxygens (including phenoxy) is 1. The molecule has 1 unspecified atom stereocenters. The molecule has 1 spiro atoms. The van der Waals surface area contributed by atoms with Crippen molar-refractivity contribution < 1.29 is 4.74 Å². The van der Waals surface area contributed by atoms with Crippen LogP contribution >= 0.6 is 0 Å². The highest BCUT2D eigenvalue weighted by Crippen LogP contribution is 2.38. The molecule has 5 nitrogen and oxygen atoms in total. The van der Waals surface area contributed by atoms with Crippen LogP contribution in [-0.4, -0.2) is 49.2 Å². The molecule has 2 aromatic rings. The van der Waals surface area contributed by atoms with Crippen LogP contribution in [0.2, 0.25) is 0 Å². The van der Waals surface area contributed by atoms with Gasteiger partial charge < -0.3 is 15.0 Å². The molecule has 24 heavy (non-hydrogen) atoms. The molecular formula is C19H24N4O. The first-order valence-electron chi connectivity index (χ1n) is 8.66. The van der Waals surface area contributed by atoms with Gasteiger partial charge in [-0.2, -0.15) is 0 Å². The maximum Gasteiger partial charge on any atom is 0.193 e. The summed E-state index contributed by atoms with van der Waals surface area (Å²) in [6.45, 7) is 4.66. The number of aromatic nitrogens is 1. The second-order valence-electron chi connectivity index (χ2n) is 6.86. The molecule has 126 valence electrons. The van der Waals surface area contributed by atoms with E-state index in [0.717, 1.165) is 44.3 Å². The minimum Gasteiger partial charge on any atom is -0.381 e. The number of hydrogen-bond acceptors (Lipinski definition) is 3. The number of guanidine groups is 1. The SMILES string of the molecule is CN=C(NCc1ccnc2ccccc12)N1CCC2(CCOC2)C1. The Balaban J connectivity index is 1.46. The van der Waals surface area contributed by atoms with Gasteiger partial charge in [0.25, 0.3) is 0 Å². The summed E-state index contributed by atoms with van der Waals surface area (Å²) in [5.41, 5.74) is 2.64. The molecule has 0 aliphatic carbocycles. The summed E-state index contributed by atoms with van der Waals surface area (Å²) < 4.78 is 5.63. The Morgan fingerprint density at radius 2 is 2.25 bits per heavy atom. The maximum absolute atomic E-state index is 5.63. The number of aliphatic imine (C=N–C) groups is 1. The third kappa shape index (κ3) is 2.84. The first-order chi connectivity index (χ1) is 11.8. The van der Waals surface area contributed by atoms with Gasteiger partial charge in [0.2, 0.25) is 0 Å². The molecule has 0 amide bonds. The predicted octanol–water partition coefficient (Wildman–Crippen LogP) is 2.42. The smallest absolute Gasteiger partial charge is 0.193 e. The van der Waals surface area contributed by atoms with Gasteiger partial charge in [-0.3, -0.25) is 9.98 Å². The van der Waals surface area contributed by atoms with Crippen molar-refractivity contribution in [3.05, 3.63) is 42.1 Å². The van der Waals surface area contributed by atoms with Crippen molar-refractivity contribution in [2.45, 2.75) is 19.4 Å². The molecule has 1 aromatic carbocycles. The van der Waals surface area contributed by atoms with E-state index in [9.17, 15) is 0 Å². The number of rotatable bonds is 2. The molecular weight excluding hydrogens is 300 g/mol. The predicted molar refractivity (Wildman–Crippen MR) is 96.0 cm³/mol. The van der Waals surface area contributed by atoms with Crippen LogP contribution in [0, 0.1) is 5.41 Å². The van der Waals surface area contributed by atoms with Gasteiger partial charge in [-0.1, -0.05) is 18.2 Å². The van der Waals surface area contributed by atoms with E-state index in [2.05, 4.69) is 44.5 Å². The Bertz CT molecular complexity index is 747. The first-order valence-corrected chi connectivity index (χ1v) is 8.66. The topological polar surface area (TPSA) is 49.8 Å².